The summed E-state index contributed by atoms with van der Waals surface area (Å²) in [6, 6.07) is 14.5. The molecular formula is C15H12FN3. The lowest BCUT2D eigenvalue weighted by atomic mass is 10.2. The molecule has 4 heteroatoms. The molecule has 3 aromatic rings. The molecule has 2 heterocycles. The average Bonchev–Trinajstić information content (AvgIpc) is 2.41. The zero-order valence-corrected chi connectivity index (χ0v) is 10.4. The van der Waals surface area contributed by atoms with Crippen LogP contribution in [0.4, 0.5) is 15.9 Å². The van der Waals surface area contributed by atoms with Gasteiger partial charge in [0.05, 0.1) is 11.0 Å². The number of hydrogen-bond donors (Lipinski definition) is 1. The third-order valence-corrected chi connectivity index (χ3v) is 2.92. The fourth-order valence-electron chi connectivity index (χ4n) is 1.91. The van der Waals surface area contributed by atoms with Gasteiger partial charge in [0.25, 0.3) is 0 Å². The monoisotopic (exact) mass is 253 g/mol. The van der Waals surface area contributed by atoms with Crippen molar-refractivity contribution in [3.8, 4) is 0 Å². The predicted octanol–water partition coefficient (Wildman–Crippen LogP) is 3.82. The number of aryl methyl sites for hydroxylation is 1. The standard InChI is InChI=1S/C15H12FN3/c1-10-4-2-3-5-11(10)18-15-9-7-12-13(19-15)6-8-14(16)17-12/h2-9H,1H3,(H,18,19). The van der Waals surface area contributed by atoms with E-state index in [0.29, 0.717) is 11.0 Å². The second kappa shape index (κ2) is 4.65. The van der Waals surface area contributed by atoms with Crippen molar-refractivity contribution in [2.45, 2.75) is 6.92 Å². The van der Waals surface area contributed by atoms with E-state index in [1.807, 2.05) is 31.2 Å². The van der Waals surface area contributed by atoms with Crippen molar-refractivity contribution in [1.29, 1.82) is 0 Å². The minimum Gasteiger partial charge on any atom is -0.340 e. The Bertz CT molecular complexity index is 740. The van der Waals surface area contributed by atoms with Crippen LogP contribution in [-0.2, 0) is 0 Å². The summed E-state index contributed by atoms with van der Waals surface area (Å²) in [7, 11) is 0. The summed E-state index contributed by atoms with van der Waals surface area (Å²) in [5.74, 6) is 0.226. The number of rotatable bonds is 2. The largest absolute Gasteiger partial charge is 0.340 e. The molecule has 0 aliphatic heterocycles. The normalized spacial score (nSPS) is 10.6. The van der Waals surface area contributed by atoms with E-state index in [2.05, 4.69) is 15.3 Å². The van der Waals surface area contributed by atoms with Crippen LogP contribution >= 0.6 is 0 Å². The molecule has 0 radical (unpaired) electrons. The zero-order valence-electron chi connectivity index (χ0n) is 10.4. The Hall–Kier alpha value is -2.49. The summed E-state index contributed by atoms with van der Waals surface area (Å²) in [5, 5.41) is 3.25. The summed E-state index contributed by atoms with van der Waals surface area (Å²) in [6.07, 6.45) is 0. The molecule has 1 N–H and O–H groups in total. The lowest BCUT2D eigenvalue weighted by Gasteiger charge is -2.08. The second-order valence-electron chi connectivity index (χ2n) is 4.31. The van der Waals surface area contributed by atoms with Crippen molar-refractivity contribution in [3.63, 3.8) is 0 Å². The lowest BCUT2D eigenvalue weighted by molar-refractivity contribution is 0.589. The maximum atomic E-state index is 13.0. The van der Waals surface area contributed by atoms with Crippen molar-refractivity contribution in [2.75, 3.05) is 5.32 Å². The molecule has 3 nitrogen and oxygen atoms in total. The van der Waals surface area contributed by atoms with E-state index in [9.17, 15) is 4.39 Å². The van der Waals surface area contributed by atoms with Crippen LogP contribution in [0.15, 0.2) is 48.5 Å². The van der Waals surface area contributed by atoms with Crippen molar-refractivity contribution < 1.29 is 4.39 Å². The third kappa shape index (κ3) is 2.38. The highest BCUT2D eigenvalue weighted by Gasteiger charge is 2.02. The van der Waals surface area contributed by atoms with Gasteiger partial charge in [0, 0.05) is 5.69 Å². The third-order valence-electron chi connectivity index (χ3n) is 2.92. The molecule has 1 aromatic carbocycles. The van der Waals surface area contributed by atoms with Crippen LogP contribution in [0.2, 0.25) is 0 Å². The molecule has 0 aliphatic rings. The van der Waals surface area contributed by atoms with E-state index >= 15 is 0 Å². The number of para-hydroxylation sites is 1. The number of halogens is 1. The SMILES string of the molecule is Cc1ccccc1Nc1ccc2nc(F)ccc2n1. The molecule has 2 aromatic heterocycles. The van der Waals surface area contributed by atoms with Crippen molar-refractivity contribution >= 4 is 22.5 Å². The predicted molar refractivity (Wildman–Crippen MR) is 74.0 cm³/mol. The molecule has 0 unspecified atom stereocenters. The Morgan fingerprint density at radius 2 is 1.63 bits per heavy atom. The Balaban J connectivity index is 1.98. The van der Waals surface area contributed by atoms with E-state index in [-0.39, 0.29) is 0 Å². The lowest BCUT2D eigenvalue weighted by Crippen LogP contribution is -1.96. The van der Waals surface area contributed by atoms with Gasteiger partial charge in [0.2, 0.25) is 5.95 Å². The molecule has 0 atom stereocenters. The fraction of sp³-hybridized carbons (Fsp3) is 0.0667. The van der Waals surface area contributed by atoms with Gasteiger partial charge in [-0.05, 0) is 42.8 Å². The number of hydrogen-bond acceptors (Lipinski definition) is 3. The van der Waals surface area contributed by atoms with Gasteiger partial charge >= 0.3 is 0 Å². The summed E-state index contributed by atoms with van der Waals surface area (Å²) in [4.78, 5) is 8.20. The van der Waals surface area contributed by atoms with E-state index in [4.69, 9.17) is 0 Å². The minimum atomic E-state index is -0.492. The zero-order chi connectivity index (χ0) is 13.2. The maximum Gasteiger partial charge on any atom is 0.213 e. The van der Waals surface area contributed by atoms with Gasteiger partial charge in [-0.25, -0.2) is 9.97 Å². The number of fused-ring (bicyclic) bond motifs is 1. The summed E-state index contributed by atoms with van der Waals surface area (Å²) in [5.41, 5.74) is 3.36. The molecule has 0 saturated carbocycles. The highest BCUT2D eigenvalue weighted by molar-refractivity contribution is 5.77. The first-order valence-corrected chi connectivity index (χ1v) is 5.98. The number of nitrogens with zero attached hydrogens (tertiary/aromatic N) is 2. The Morgan fingerprint density at radius 1 is 0.895 bits per heavy atom. The van der Waals surface area contributed by atoms with Crippen LogP contribution in [0.3, 0.4) is 0 Å². The van der Waals surface area contributed by atoms with Crippen molar-refractivity contribution in [1.82, 2.24) is 9.97 Å². The first-order valence-electron chi connectivity index (χ1n) is 5.98. The molecule has 0 fully saturated rings. The number of benzene rings is 1. The minimum absolute atomic E-state index is 0.492. The Kier molecular flexibility index (Phi) is 2.83. The van der Waals surface area contributed by atoms with Gasteiger partial charge in [0.15, 0.2) is 0 Å². The Labute approximate surface area is 110 Å². The number of pyridine rings is 2. The molecule has 0 amide bonds. The van der Waals surface area contributed by atoms with Gasteiger partial charge in [-0.1, -0.05) is 18.2 Å². The van der Waals surface area contributed by atoms with Crippen molar-refractivity contribution in [3.05, 3.63) is 60.0 Å². The summed E-state index contributed by atoms with van der Waals surface area (Å²) >= 11 is 0. The number of aromatic nitrogens is 2. The molecule has 0 saturated heterocycles. The quantitative estimate of drug-likeness (QED) is 0.705. The highest BCUT2D eigenvalue weighted by atomic mass is 19.1. The van der Waals surface area contributed by atoms with Crippen LogP contribution in [0.5, 0.6) is 0 Å². The van der Waals surface area contributed by atoms with E-state index in [1.54, 1.807) is 18.2 Å². The molecule has 0 aliphatic carbocycles. The van der Waals surface area contributed by atoms with Crippen molar-refractivity contribution in [2.24, 2.45) is 0 Å². The molecule has 0 spiro atoms. The molecule has 19 heavy (non-hydrogen) atoms. The Morgan fingerprint density at radius 3 is 2.47 bits per heavy atom. The first kappa shape index (κ1) is 11.6. The smallest absolute Gasteiger partial charge is 0.213 e. The van der Waals surface area contributed by atoms with Gasteiger partial charge in [0.1, 0.15) is 5.82 Å². The van der Waals surface area contributed by atoms with Gasteiger partial charge in [-0.2, -0.15) is 4.39 Å². The fourth-order valence-corrected chi connectivity index (χ4v) is 1.91. The van der Waals surface area contributed by atoms with Crippen LogP contribution < -0.4 is 5.32 Å². The van der Waals surface area contributed by atoms with E-state index in [1.165, 1.54) is 6.07 Å². The van der Waals surface area contributed by atoms with Gasteiger partial charge in [-0.3, -0.25) is 0 Å². The van der Waals surface area contributed by atoms with E-state index in [0.717, 1.165) is 17.1 Å². The van der Waals surface area contributed by atoms with Crippen LogP contribution in [0.25, 0.3) is 11.0 Å². The number of anilines is 2. The highest BCUT2D eigenvalue weighted by Crippen LogP contribution is 2.20. The molecular weight excluding hydrogens is 241 g/mol. The summed E-state index contributed by atoms with van der Waals surface area (Å²) in [6.45, 7) is 2.03. The van der Waals surface area contributed by atoms with Crippen LogP contribution in [-0.4, -0.2) is 9.97 Å². The van der Waals surface area contributed by atoms with Gasteiger partial charge < -0.3 is 5.32 Å². The van der Waals surface area contributed by atoms with Crippen LogP contribution in [0.1, 0.15) is 5.56 Å². The summed E-state index contributed by atoms with van der Waals surface area (Å²) < 4.78 is 13.0. The van der Waals surface area contributed by atoms with E-state index < -0.39 is 5.95 Å². The van der Waals surface area contributed by atoms with Gasteiger partial charge in [-0.15, -0.1) is 0 Å². The molecule has 94 valence electrons. The molecule has 0 bridgehead atoms. The first-order chi connectivity index (χ1) is 9.22. The average molecular weight is 253 g/mol. The van der Waals surface area contributed by atoms with Crippen LogP contribution in [0, 0.1) is 12.9 Å². The maximum absolute atomic E-state index is 13.0. The second-order valence-corrected chi connectivity index (χ2v) is 4.31. The number of nitrogens with one attached hydrogen (secondary N) is 1. The topological polar surface area (TPSA) is 37.8 Å². The molecule has 3 rings (SSSR count).